The monoisotopic (exact) mass is 424 g/mol. The Bertz CT molecular complexity index is 939. The van der Waals surface area contributed by atoms with Crippen LogP contribution in [-0.2, 0) is 22.4 Å². The van der Waals surface area contributed by atoms with Crippen molar-refractivity contribution in [3.05, 3.63) is 59.2 Å². The number of hydrogen-bond donors (Lipinski definition) is 2. The number of carbonyl (C=O) groups excluding carboxylic acids is 3. The van der Waals surface area contributed by atoms with Crippen molar-refractivity contribution in [2.24, 2.45) is 0 Å². The molecule has 2 amide bonds. The molecule has 0 aliphatic heterocycles. The van der Waals surface area contributed by atoms with E-state index in [2.05, 4.69) is 10.9 Å². The van der Waals surface area contributed by atoms with Gasteiger partial charge in [0, 0.05) is 18.4 Å². The molecule has 0 saturated heterocycles. The minimum Gasteiger partial charge on any atom is -0.494 e. The molecule has 1 atom stereocenters. The molecule has 0 aromatic heterocycles. The van der Waals surface area contributed by atoms with Gasteiger partial charge in [0.15, 0.2) is 11.9 Å². The highest BCUT2D eigenvalue weighted by Gasteiger charge is 2.17. The van der Waals surface area contributed by atoms with Crippen LogP contribution < -0.4 is 20.3 Å². The molecule has 1 aliphatic carbocycles. The van der Waals surface area contributed by atoms with Gasteiger partial charge in [0.1, 0.15) is 11.5 Å². The maximum atomic E-state index is 12.4. The lowest BCUT2D eigenvalue weighted by Crippen LogP contribution is -2.47. The van der Waals surface area contributed by atoms with Gasteiger partial charge < -0.3 is 9.47 Å². The van der Waals surface area contributed by atoms with E-state index in [0.717, 1.165) is 19.3 Å². The standard InChI is InChI=1S/C24H28N2O5/c1-3-30-20-9-11-21(12-10-20)31-16(2)24(29)26-25-23(28)14-13-22(27)19-8-7-17-5-4-6-18(17)15-19/h7-12,15-16H,3-6,13-14H2,1-2H3,(H,25,28)(H,26,29). The summed E-state index contributed by atoms with van der Waals surface area (Å²) in [5.74, 6) is 0.220. The largest absolute Gasteiger partial charge is 0.494 e. The average molecular weight is 424 g/mol. The lowest BCUT2D eigenvalue weighted by molar-refractivity contribution is -0.132. The zero-order valence-electron chi connectivity index (χ0n) is 17.9. The number of Topliss-reactive ketones (excluding diaryl/α,β-unsaturated/α-hetero) is 1. The highest BCUT2D eigenvalue weighted by Crippen LogP contribution is 2.23. The quantitative estimate of drug-likeness (QED) is 0.476. The molecule has 0 radical (unpaired) electrons. The number of ether oxygens (including phenoxy) is 2. The molecule has 31 heavy (non-hydrogen) atoms. The molecule has 2 aromatic rings. The Hall–Kier alpha value is -3.35. The third kappa shape index (κ3) is 6.31. The van der Waals surface area contributed by atoms with Gasteiger partial charge in [-0.15, -0.1) is 0 Å². The third-order valence-corrected chi connectivity index (χ3v) is 5.14. The van der Waals surface area contributed by atoms with Crippen molar-refractivity contribution in [2.45, 2.75) is 52.1 Å². The number of hydrazine groups is 1. The van der Waals surface area contributed by atoms with E-state index in [1.807, 2.05) is 25.1 Å². The fourth-order valence-electron chi connectivity index (χ4n) is 3.45. The molecule has 3 rings (SSSR count). The molecule has 0 spiro atoms. The summed E-state index contributed by atoms with van der Waals surface area (Å²) in [6.45, 7) is 4.04. The van der Waals surface area contributed by atoms with Gasteiger partial charge in [-0.2, -0.15) is 0 Å². The maximum absolute atomic E-state index is 12.4. The number of hydrogen-bond acceptors (Lipinski definition) is 5. The first-order valence-corrected chi connectivity index (χ1v) is 10.6. The lowest BCUT2D eigenvalue weighted by Gasteiger charge is -2.15. The van der Waals surface area contributed by atoms with E-state index < -0.39 is 17.9 Å². The van der Waals surface area contributed by atoms with Crippen molar-refractivity contribution in [2.75, 3.05) is 6.61 Å². The van der Waals surface area contributed by atoms with E-state index in [1.165, 1.54) is 11.1 Å². The van der Waals surface area contributed by atoms with Crippen LogP contribution >= 0.6 is 0 Å². The molecule has 1 unspecified atom stereocenters. The van der Waals surface area contributed by atoms with Crippen LogP contribution in [0.25, 0.3) is 0 Å². The summed E-state index contributed by atoms with van der Waals surface area (Å²) in [5, 5.41) is 0. The Labute approximate surface area is 182 Å². The molecule has 1 aliphatic rings. The van der Waals surface area contributed by atoms with Crippen LogP contribution in [0.15, 0.2) is 42.5 Å². The van der Waals surface area contributed by atoms with Gasteiger partial charge in [-0.25, -0.2) is 0 Å². The van der Waals surface area contributed by atoms with E-state index in [1.54, 1.807) is 31.2 Å². The zero-order valence-corrected chi connectivity index (χ0v) is 17.9. The molecule has 164 valence electrons. The molecule has 0 saturated carbocycles. The Balaban J connectivity index is 1.39. The Kier molecular flexibility index (Phi) is 7.65. The van der Waals surface area contributed by atoms with Gasteiger partial charge in [0.2, 0.25) is 5.91 Å². The first-order chi connectivity index (χ1) is 15.0. The zero-order chi connectivity index (χ0) is 22.2. The van der Waals surface area contributed by atoms with Crippen LogP contribution in [0.5, 0.6) is 11.5 Å². The van der Waals surface area contributed by atoms with E-state index in [4.69, 9.17) is 9.47 Å². The van der Waals surface area contributed by atoms with Gasteiger partial charge in [-0.3, -0.25) is 25.2 Å². The topological polar surface area (TPSA) is 93.7 Å². The Morgan fingerprint density at radius 1 is 0.935 bits per heavy atom. The minimum atomic E-state index is -0.814. The third-order valence-electron chi connectivity index (χ3n) is 5.14. The number of nitrogens with one attached hydrogen (secondary N) is 2. The molecular weight excluding hydrogens is 396 g/mol. The molecule has 2 N–H and O–H groups in total. The first-order valence-electron chi connectivity index (χ1n) is 10.6. The smallest absolute Gasteiger partial charge is 0.279 e. The van der Waals surface area contributed by atoms with E-state index in [-0.39, 0.29) is 18.6 Å². The van der Waals surface area contributed by atoms with E-state index >= 15 is 0 Å². The van der Waals surface area contributed by atoms with E-state index in [0.29, 0.717) is 23.7 Å². The van der Waals surface area contributed by atoms with Gasteiger partial charge in [0.25, 0.3) is 5.91 Å². The lowest BCUT2D eigenvalue weighted by atomic mass is 10.0. The van der Waals surface area contributed by atoms with Crippen LogP contribution in [0.3, 0.4) is 0 Å². The summed E-state index contributed by atoms with van der Waals surface area (Å²) < 4.78 is 10.9. The van der Waals surface area contributed by atoms with Crippen molar-refractivity contribution in [1.82, 2.24) is 10.9 Å². The van der Waals surface area contributed by atoms with Crippen molar-refractivity contribution in [3.8, 4) is 11.5 Å². The minimum absolute atomic E-state index is 0.00960. The van der Waals surface area contributed by atoms with Crippen LogP contribution in [0, 0.1) is 0 Å². The van der Waals surface area contributed by atoms with Gasteiger partial charge in [-0.05, 0) is 74.6 Å². The van der Waals surface area contributed by atoms with Crippen molar-refractivity contribution < 1.29 is 23.9 Å². The predicted octanol–water partition coefficient (Wildman–Crippen LogP) is 3.15. The second kappa shape index (κ2) is 10.6. The fraction of sp³-hybridized carbons (Fsp3) is 0.375. The molecule has 7 heteroatoms. The second-order valence-electron chi connectivity index (χ2n) is 7.46. The summed E-state index contributed by atoms with van der Waals surface area (Å²) >= 11 is 0. The summed E-state index contributed by atoms with van der Waals surface area (Å²) in [5.41, 5.74) is 7.83. The molecular formula is C24H28N2O5. The number of carbonyl (C=O) groups is 3. The molecule has 0 fully saturated rings. The van der Waals surface area contributed by atoms with Crippen LogP contribution in [0.4, 0.5) is 0 Å². The second-order valence-corrected chi connectivity index (χ2v) is 7.46. The normalized spacial score (nSPS) is 13.1. The number of fused-ring (bicyclic) bond motifs is 1. The van der Waals surface area contributed by atoms with Crippen molar-refractivity contribution in [1.29, 1.82) is 0 Å². The molecule has 7 nitrogen and oxygen atoms in total. The number of rotatable bonds is 9. The van der Waals surface area contributed by atoms with Crippen molar-refractivity contribution in [3.63, 3.8) is 0 Å². The Morgan fingerprint density at radius 3 is 2.39 bits per heavy atom. The SMILES string of the molecule is CCOc1ccc(OC(C)C(=O)NNC(=O)CCC(=O)c2ccc3c(c2)CCC3)cc1. The average Bonchev–Trinajstić information content (AvgIpc) is 3.25. The molecule has 0 bridgehead atoms. The molecule has 2 aromatic carbocycles. The van der Waals surface area contributed by atoms with Crippen LogP contribution in [0.2, 0.25) is 0 Å². The maximum Gasteiger partial charge on any atom is 0.279 e. The summed E-state index contributed by atoms with van der Waals surface area (Å²) in [6, 6.07) is 12.7. The van der Waals surface area contributed by atoms with Crippen LogP contribution in [-0.4, -0.2) is 30.3 Å². The fourth-order valence-corrected chi connectivity index (χ4v) is 3.45. The number of benzene rings is 2. The Morgan fingerprint density at radius 2 is 1.65 bits per heavy atom. The van der Waals surface area contributed by atoms with Gasteiger partial charge in [0.05, 0.1) is 6.61 Å². The number of ketones is 1. The number of aryl methyl sites for hydroxylation is 2. The summed E-state index contributed by atoms with van der Waals surface area (Å²) in [6.07, 6.45) is 2.44. The van der Waals surface area contributed by atoms with Gasteiger partial charge in [-0.1, -0.05) is 12.1 Å². The number of amides is 2. The van der Waals surface area contributed by atoms with Crippen molar-refractivity contribution >= 4 is 17.6 Å². The van der Waals surface area contributed by atoms with Crippen LogP contribution in [0.1, 0.15) is 54.6 Å². The van der Waals surface area contributed by atoms with E-state index in [9.17, 15) is 14.4 Å². The predicted molar refractivity (Wildman–Crippen MR) is 116 cm³/mol. The molecule has 0 heterocycles. The summed E-state index contributed by atoms with van der Waals surface area (Å²) in [4.78, 5) is 36.5. The first kappa shape index (κ1) is 22.3. The highest BCUT2D eigenvalue weighted by molar-refractivity contribution is 5.98. The highest BCUT2D eigenvalue weighted by atomic mass is 16.5. The summed E-state index contributed by atoms with van der Waals surface area (Å²) in [7, 11) is 0. The van der Waals surface area contributed by atoms with Gasteiger partial charge >= 0.3 is 0 Å².